The molecule has 2 aromatic heterocycles. The van der Waals surface area contributed by atoms with Gasteiger partial charge in [0.15, 0.2) is 5.78 Å². The van der Waals surface area contributed by atoms with E-state index in [1.807, 2.05) is 47.6 Å². The fourth-order valence-corrected chi connectivity index (χ4v) is 6.73. The minimum Gasteiger partial charge on any atom is -0.512 e. The molecule has 6 rings (SSSR count). The maximum atomic E-state index is 12.2. The molecule has 1 N–H and O–H groups in total. The average molecular weight is 794 g/mol. The van der Waals surface area contributed by atoms with Gasteiger partial charge in [0.05, 0.1) is 5.52 Å². The summed E-state index contributed by atoms with van der Waals surface area (Å²) in [7, 11) is 0. The van der Waals surface area contributed by atoms with Crippen LogP contribution in [0.15, 0.2) is 91.0 Å². The van der Waals surface area contributed by atoms with Crippen LogP contribution in [0.5, 0.6) is 0 Å². The quantitative estimate of drug-likeness (QED) is 0.0947. The number of rotatable bonds is 8. The first-order chi connectivity index (χ1) is 21.2. The number of carbonyl (C=O) groups is 1. The Morgan fingerprint density at radius 3 is 2.07 bits per heavy atom. The summed E-state index contributed by atoms with van der Waals surface area (Å²) in [6.07, 6.45) is 6.44. The molecule has 0 fully saturated rings. The van der Waals surface area contributed by atoms with Crippen molar-refractivity contribution >= 4 is 59.0 Å². The summed E-state index contributed by atoms with van der Waals surface area (Å²) in [6.45, 7) is 12.1. The molecule has 0 saturated carbocycles. The van der Waals surface area contributed by atoms with Gasteiger partial charge >= 0.3 is 0 Å². The van der Waals surface area contributed by atoms with Crippen molar-refractivity contribution in [3.8, 4) is 11.3 Å². The van der Waals surface area contributed by atoms with E-state index in [0.717, 1.165) is 47.2 Å². The summed E-state index contributed by atoms with van der Waals surface area (Å²) < 4.78 is 2.36. The number of ketones is 1. The van der Waals surface area contributed by atoms with E-state index < -0.39 is 0 Å². The van der Waals surface area contributed by atoms with Gasteiger partial charge in [0, 0.05) is 57.5 Å². The van der Waals surface area contributed by atoms with Crippen LogP contribution in [0.3, 0.4) is 0 Å². The molecule has 0 bridgehead atoms. The van der Waals surface area contributed by atoms with E-state index in [4.69, 9.17) is 0 Å². The summed E-state index contributed by atoms with van der Waals surface area (Å²) in [5, 5.41) is 16.2. The molecule has 4 aromatic carbocycles. The first kappa shape index (κ1) is 34.4. The van der Waals surface area contributed by atoms with Crippen LogP contribution in [0, 0.1) is 16.9 Å². The molecule has 2 heterocycles. The molecule has 45 heavy (non-hydrogen) atoms. The Balaban J connectivity index is 0.000000226. The molecule has 0 amide bonds. The molecule has 4 nitrogen and oxygen atoms in total. The standard InChI is InChI=1S/C24H13N2S.C15H28O2.Ir/c1-3-9-17-15(6-1)8-5-11-19(17)22-24-23(26-14-25-22)21-18-10-4-2-7-16(18)12-13-20(21)27-24;1-7-14(5,8-2)12(16)11-13(17)15(6,9-3)10-4;/h1-10,12-14H;11,16H,7-10H2,1-6H3;/q-1;;/b;12-11-;. The summed E-state index contributed by atoms with van der Waals surface area (Å²) in [5.74, 6) is 0.286. The molecule has 0 aliphatic heterocycles. The van der Waals surface area contributed by atoms with Crippen molar-refractivity contribution in [1.29, 1.82) is 0 Å². The minimum atomic E-state index is -0.337. The number of thiophene rings is 1. The van der Waals surface area contributed by atoms with E-state index >= 15 is 0 Å². The molecule has 0 aliphatic rings. The van der Waals surface area contributed by atoms with Crippen molar-refractivity contribution in [1.82, 2.24) is 9.97 Å². The smallest absolute Gasteiger partial charge is 0.164 e. The van der Waals surface area contributed by atoms with Crippen LogP contribution in [0.2, 0.25) is 0 Å². The van der Waals surface area contributed by atoms with Crippen molar-refractivity contribution in [2.24, 2.45) is 10.8 Å². The average Bonchev–Trinajstić information content (AvgIpc) is 3.47. The van der Waals surface area contributed by atoms with Gasteiger partial charge in [-0.15, -0.1) is 40.5 Å². The molecule has 0 spiro atoms. The van der Waals surface area contributed by atoms with Gasteiger partial charge < -0.3 is 5.11 Å². The van der Waals surface area contributed by atoms with Crippen LogP contribution >= 0.6 is 11.3 Å². The SMILES string of the molecule is CCC(C)(CC)C(=O)/C=C(\O)C(C)(CC)CC.[Ir].[c-]1ccc2ccccc2c1-c1ncnc2c1sc1ccc3ccccc3c12. The number of carbonyl (C=O) groups excluding carboxylic acids is 1. The Morgan fingerprint density at radius 2 is 1.42 bits per heavy atom. The van der Waals surface area contributed by atoms with E-state index in [1.165, 1.54) is 37.7 Å². The number of hydrogen-bond donors (Lipinski definition) is 1. The predicted molar refractivity (Wildman–Crippen MR) is 187 cm³/mol. The van der Waals surface area contributed by atoms with Crippen LogP contribution in [0.4, 0.5) is 0 Å². The largest absolute Gasteiger partial charge is 0.512 e. The van der Waals surface area contributed by atoms with Crippen LogP contribution < -0.4 is 0 Å². The number of allylic oxidation sites excluding steroid dienone is 2. The Labute approximate surface area is 284 Å². The van der Waals surface area contributed by atoms with E-state index in [9.17, 15) is 9.90 Å². The third-order valence-electron chi connectivity index (χ3n) is 9.70. The Kier molecular flexibility index (Phi) is 11.0. The fraction of sp³-hybridized carbons (Fsp3) is 0.308. The van der Waals surface area contributed by atoms with Gasteiger partial charge in [-0.3, -0.25) is 9.78 Å². The van der Waals surface area contributed by atoms with E-state index in [0.29, 0.717) is 0 Å². The fourth-order valence-electron chi connectivity index (χ4n) is 5.56. The Morgan fingerprint density at radius 1 is 0.822 bits per heavy atom. The first-order valence-corrected chi connectivity index (χ1v) is 16.4. The summed E-state index contributed by atoms with van der Waals surface area (Å²) in [6, 6.07) is 28.8. The van der Waals surface area contributed by atoms with Crippen LogP contribution in [-0.2, 0) is 24.9 Å². The summed E-state index contributed by atoms with van der Waals surface area (Å²) >= 11 is 1.76. The molecule has 6 aromatic rings. The Hall–Kier alpha value is -3.44. The van der Waals surface area contributed by atoms with E-state index in [-0.39, 0.29) is 42.5 Å². The molecule has 235 valence electrons. The maximum absolute atomic E-state index is 12.2. The minimum absolute atomic E-state index is 0. The van der Waals surface area contributed by atoms with Gasteiger partial charge in [-0.05, 0) is 42.5 Å². The number of aromatic nitrogens is 2. The number of hydrogen-bond acceptors (Lipinski definition) is 5. The summed E-state index contributed by atoms with van der Waals surface area (Å²) in [5.41, 5.74) is 2.42. The zero-order valence-electron chi connectivity index (χ0n) is 26.9. The molecule has 0 saturated heterocycles. The number of nitrogens with zero attached hydrogens (tertiary/aromatic N) is 2. The number of aliphatic hydroxyl groups is 1. The molecule has 0 unspecified atom stereocenters. The maximum Gasteiger partial charge on any atom is 0.164 e. The second-order valence-electron chi connectivity index (χ2n) is 12.0. The van der Waals surface area contributed by atoms with Crippen LogP contribution in [-0.4, -0.2) is 20.9 Å². The van der Waals surface area contributed by atoms with Crippen molar-refractivity contribution in [3.05, 3.63) is 97.0 Å². The van der Waals surface area contributed by atoms with Gasteiger partial charge in [-0.1, -0.05) is 102 Å². The molecular formula is C39H41IrN2O2S-. The first-order valence-electron chi connectivity index (χ1n) is 15.6. The van der Waals surface area contributed by atoms with Gasteiger partial charge in [0.1, 0.15) is 12.1 Å². The van der Waals surface area contributed by atoms with Crippen LogP contribution in [0.25, 0.3) is 53.1 Å². The zero-order chi connectivity index (χ0) is 31.5. The van der Waals surface area contributed by atoms with Gasteiger partial charge in [-0.2, -0.15) is 0 Å². The predicted octanol–water partition coefficient (Wildman–Crippen LogP) is 11.3. The third-order valence-corrected chi connectivity index (χ3v) is 10.9. The van der Waals surface area contributed by atoms with E-state index in [1.54, 1.807) is 17.7 Å². The van der Waals surface area contributed by atoms with Crippen molar-refractivity contribution < 1.29 is 30.0 Å². The topological polar surface area (TPSA) is 63.1 Å². The van der Waals surface area contributed by atoms with Gasteiger partial charge in [0.25, 0.3) is 0 Å². The number of aliphatic hydroxyl groups excluding tert-OH is 1. The second kappa shape index (κ2) is 14.3. The summed E-state index contributed by atoms with van der Waals surface area (Å²) in [4.78, 5) is 21.5. The molecular weight excluding hydrogens is 753 g/mol. The van der Waals surface area contributed by atoms with E-state index in [2.05, 4.69) is 82.8 Å². The zero-order valence-corrected chi connectivity index (χ0v) is 30.1. The van der Waals surface area contributed by atoms with Crippen LogP contribution in [0.1, 0.15) is 67.2 Å². The monoisotopic (exact) mass is 794 g/mol. The molecule has 1 radical (unpaired) electrons. The van der Waals surface area contributed by atoms with Gasteiger partial charge in [0.2, 0.25) is 0 Å². The number of benzene rings is 4. The molecule has 0 atom stereocenters. The van der Waals surface area contributed by atoms with Crippen molar-refractivity contribution in [2.75, 3.05) is 0 Å². The molecule has 6 heteroatoms. The molecule has 0 aliphatic carbocycles. The van der Waals surface area contributed by atoms with Crippen molar-refractivity contribution in [3.63, 3.8) is 0 Å². The normalized spacial score (nSPS) is 12.3. The Bertz CT molecular complexity index is 1980. The van der Waals surface area contributed by atoms with Gasteiger partial charge in [-0.25, -0.2) is 4.98 Å². The van der Waals surface area contributed by atoms with Crippen molar-refractivity contribution in [2.45, 2.75) is 67.2 Å². The number of fused-ring (bicyclic) bond motifs is 6. The third kappa shape index (κ3) is 6.60. The second-order valence-corrected chi connectivity index (χ2v) is 13.1.